The van der Waals surface area contributed by atoms with Gasteiger partial charge in [0.25, 0.3) is 11.8 Å². The van der Waals surface area contributed by atoms with Crippen LogP contribution in [0.25, 0.3) is 0 Å². The van der Waals surface area contributed by atoms with E-state index >= 15 is 0 Å². The second kappa shape index (κ2) is 13.2. The van der Waals surface area contributed by atoms with E-state index in [4.69, 9.17) is 9.47 Å². The first-order valence-electron chi connectivity index (χ1n) is 11.8. The first kappa shape index (κ1) is 27.3. The second-order valence-electron chi connectivity index (χ2n) is 8.28. The van der Waals surface area contributed by atoms with Gasteiger partial charge in [-0.25, -0.2) is 5.43 Å². The van der Waals surface area contributed by atoms with Crippen molar-refractivity contribution in [1.82, 2.24) is 5.43 Å². The van der Waals surface area contributed by atoms with Crippen molar-refractivity contribution in [1.29, 1.82) is 0 Å². The number of methoxy groups -OCH3 is 1. The van der Waals surface area contributed by atoms with Crippen molar-refractivity contribution in [2.75, 3.05) is 12.4 Å². The minimum Gasteiger partial charge on any atom is -0.497 e. The van der Waals surface area contributed by atoms with Crippen LogP contribution in [0.15, 0.2) is 107 Å². The zero-order valence-electron chi connectivity index (χ0n) is 20.9. The molecule has 196 valence electrons. The molecule has 4 aromatic carbocycles. The Morgan fingerprint density at radius 3 is 2.21 bits per heavy atom. The maximum absolute atomic E-state index is 12.6. The van der Waals surface area contributed by atoms with Gasteiger partial charge in [0.05, 0.1) is 19.7 Å². The molecule has 2 N–H and O–H groups in total. The molecular weight excluding hydrogens is 562 g/mol. The van der Waals surface area contributed by atoms with Crippen molar-refractivity contribution < 1.29 is 23.9 Å². The predicted octanol–water partition coefficient (Wildman–Crippen LogP) is 5.62. The van der Waals surface area contributed by atoms with E-state index in [1.807, 2.05) is 30.3 Å². The molecule has 4 aromatic rings. The Kier molecular flexibility index (Phi) is 9.20. The highest BCUT2D eigenvalue weighted by Crippen LogP contribution is 2.22. The van der Waals surface area contributed by atoms with Gasteiger partial charge in [-0.3, -0.25) is 14.4 Å². The molecular formula is C30H24BrN3O5. The highest BCUT2D eigenvalue weighted by Gasteiger charge is 2.11. The summed E-state index contributed by atoms with van der Waals surface area (Å²) in [7, 11) is 1.56. The van der Waals surface area contributed by atoms with Crippen molar-refractivity contribution in [2.24, 2.45) is 5.10 Å². The number of ether oxygens (including phenoxy) is 2. The van der Waals surface area contributed by atoms with Gasteiger partial charge < -0.3 is 14.8 Å². The summed E-state index contributed by atoms with van der Waals surface area (Å²) < 4.78 is 11.4. The molecule has 39 heavy (non-hydrogen) atoms. The lowest BCUT2D eigenvalue weighted by Crippen LogP contribution is -2.18. The molecule has 0 saturated heterocycles. The van der Waals surface area contributed by atoms with Gasteiger partial charge in [0.2, 0.25) is 0 Å². The molecule has 0 aliphatic rings. The number of hydrazone groups is 1. The van der Waals surface area contributed by atoms with Crippen LogP contribution < -0.4 is 20.2 Å². The number of hydrogen-bond acceptors (Lipinski definition) is 6. The Morgan fingerprint density at radius 1 is 0.846 bits per heavy atom. The number of carbonyl (C=O) groups is 3. The van der Waals surface area contributed by atoms with E-state index in [-0.39, 0.29) is 12.3 Å². The minimum absolute atomic E-state index is 0.126. The molecule has 0 spiro atoms. The quantitative estimate of drug-likeness (QED) is 0.115. The molecule has 2 amide bonds. The summed E-state index contributed by atoms with van der Waals surface area (Å²) in [5, 5.41) is 6.80. The van der Waals surface area contributed by atoms with Gasteiger partial charge in [-0.05, 0) is 72.3 Å². The molecule has 4 rings (SSSR count). The average Bonchev–Trinajstić information content (AvgIpc) is 2.95. The second-order valence-corrected chi connectivity index (χ2v) is 9.19. The van der Waals surface area contributed by atoms with Crippen molar-refractivity contribution in [3.05, 3.63) is 124 Å². The monoisotopic (exact) mass is 585 g/mol. The molecule has 0 bridgehead atoms. The maximum atomic E-state index is 12.6. The summed E-state index contributed by atoms with van der Waals surface area (Å²) in [6.45, 7) is 0. The Balaban J connectivity index is 1.34. The molecule has 9 heteroatoms. The first-order valence-corrected chi connectivity index (χ1v) is 12.6. The van der Waals surface area contributed by atoms with E-state index in [1.54, 1.807) is 73.8 Å². The highest BCUT2D eigenvalue weighted by atomic mass is 79.9. The molecule has 0 radical (unpaired) electrons. The Bertz CT molecular complexity index is 1490. The topological polar surface area (TPSA) is 106 Å². The number of amides is 2. The lowest BCUT2D eigenvalue weighted by atomic mass is 10.1. The standard InChI is InChI=1S/C30H24BrN3O5/c1-38-26-14-9-21(10-15-26)29(36)33-25-12-7-22(8-13-25)30(37)34-32-19-23-18-24(31)11-16-27(23)39-28(35)17-20-5-3-2-4-6-20/h2-16,18-19H,17H2,1H3,(H,33,36)(H,34,37)/b32-19-. The average molecular weight is 586 g/mol. The molecule has 0 unspecified atom stereocenters. The summed E-state index contributed by atoms with van der Waals surface area (Å²) >= 11 is 3.39. The van der Waals surface area contributed by atoms with Gasteiger partial charge in [0.15, 0.2) is 0 Å². The van der Waals surface area contributed by atoms with Crippen molar-refractivity contribution >= 4 is 45.6 Å². The summed E-state index contributed by atoms with van der Waals surface area (Å²) in [6.07, 6.45) is 1.53. The van der Waals surface area contributed by atoms with Gasteiger partial charge in [0, 0.05) is 26.9 Å². The number of anilines is 1. The van der Waals surface area contributed by atoms with E-state index in [9.17, 15) is 14.4 Å². The minimum atomic E-state index is -0.447. The van der Waals surface area contributed by atoms with Crippen LogP contribution in [0.3, 0.4) is 0 Å². The van der Waals surface area contributed by atoms with Crippen molar-refractivity contribution in [3.63, 3.8) is 0 Å². The van der Waals surface area contributed by atoms with Crippen LogP contribution in [0.4, 0.5) is 5.69 Å². The van der Waals surface area contributed by atoms with Crippen molar-refractivity contribution in [3.8, 4) is 11.5 Å². The fourth-order valence-corrected chi connectivity index (χ4v) is 3.89. The summed E-state index contributed by atoms with van der Waals surface area (Å²) in [6, 6.07) is 27.5. The molecule has 0 heterocycles. The van der Waals surface area contributed by atoms with E-state index in [1.165, 1.54) is 6.21 Å². The number of nitrogens with one attached hydrogen (secondary N) is 2. The smallest absolute Gasteiger partial charge is 0.315 e. The Labute approximate surface area is 233 Å². The first-order chi connectivity index (χ1) is 18.9. The summed E-state index contributed by atoms with van der Waals surface area (Å²) in [4.78, 5) is 37.4. The summed E-state index contributed by atoms with van der Waals surface area (Å²) in [5.41, 5.74) is 5.16. The number of rotatable bonds is 9. The van der Waals surface area contributed by atoms with E-state index in [0.717, 1.165) is 10.0 Å². The van der Waals surface area contributed by atoms with Crippen LogP contribution in [-0.2, 0) is 11.2 Å². The highest BCUT2D eigenvalue weighted by molar-refractivity contribution is 9.10. The largest absolute Gasteiger partial charge is 0.497 e. The van der Waals surface area contributed by atoms with Crippen LogP contribution in [0, 0.1) is 0 Å². The number of esters is 1. The van der Waals surface area contributed by atoms with Gasteiger partial charge in [-0.15, -0.1) is 0 Å². The van der Waals surface area contributed by atoms with Crippen LogP contribution in [0.5, 0.6) is 11.5 Å². The number of benzene rings is 4. The molecule has 0 saturated carbocycles. The third-order valence-corrected chi connectivity index (χ3v) is 6.01. The van der Waals surface area contributed by atoms with Gasteiger partial charge >= 0.3 is 5.97 Å². The molecule has 8 nitrogen and oxygen atoms in total. The Morgan fingerprint density at radius 2 is 1.51 bits per heavy atom. The fourth-order valence-electron chi connectivity index (χ4n) is 3.51. The van der Waals surface area contributed by atoms with Crippen LogP contribution in [0.1, 0.15) is 31.8 Å². The van der Waals surface area contributed by atoms with E-state index in [0.29, 0.717) is 33.9 Å². The molecule has 0 fully saturated rings. The van der Waals surface area contributed by atoms with Crippen LogP contribution >= 0.6 is 15.9 Å². The number of halogens is 1. The molecule has 0 aromatic heterocycles. The maximum Gasteiger partial charge on any atom is 0.315 e. The number of carbonyl (C=O) groups excluding carboxylic acids is 3. The number of hydrogen-bond donors (Lipinski definition) is 2. The lowest BCUT2D eigenvalue weighted by Gasteiger charge is -2.08. The zero-order chi connectivity index (χ0) is 27.6. The van der Waals surface area contributed by atoms with Gasteiger partial charge in [-0.1, -0.05) is 46.3 Å². The van der Waals surface area contributed by atoms with Gasteiger partial charge in [0.1, 0.15) is 11.5 Å². The third kappa shape index (κ3) is 7.86. The SMILES string of the molecule is COc1ccc(C(=O)Nc2ccc(C(=O)N/N=C\c3cc(Br)ccc3OC(=O)Cc3ccccc3)cc2)cc1. The third-order valence-electron chi connectivity index (χ3n) is 5.51. The zero-order valence-corrected chi connectivity index (χ0v) is 22.5. The lowest BCUT2D eigenvalue weighted by molar-refractivity contribution is -0.133. The molecule has 0 aliphatic heterocycles. The Hall–Kier alpha value is -4.76. The fraction of sp³-hybridized carbons (Fsp3) is 0.0667. The summed E-state index contributed by atoms with van der Waals surface area (Å²) in [5.74, 6) is -0.175. The van der Waals surface area contributed by atoms with Crippen LogP contribution in [0.2, 0.25) is 0 Å². The van der Waals surface area contributed by atoms with Crippen molar-refractivity contribution in [2.45, 2.75) is 6.42 Å². The number of nitrogens with zero attached hydrogens (tertiary/aromatic N) is 1. The molecule has 0 atom stereocenters. The van der Waals surface area contributed by atoms with Crippen LogP contribution in [-0.4, -0.2) is 31.1 Å². The van der Waals surface area contributed by atoms with Gasteiger partial charge in [-0.2, -0.15) is 5.10 Å². The normalized spacial score (nSPS) is 10.6. The van der Waals surface area contributed by atoms with E-state index in [2.05, 4.69) is 31.8 Å². The predicted molar refractivity (Wildman–Crippen MR) is 152 cm³/mol. The molecule has 0 aliphatic carbocycles. The van der Waals surface area contributed by atoms with E-state index < -0.39 is 11.9 Å².